The molecule has 7 heteroatoms. The van der Waals surface area contributed by atoms with Gasteiger partial charge in [-0.15, -0.1) is 0 Å². The van der Waals surface area contributed by atoms with Gasteiger partial charge in [0, 0.05) is 24.7 Å². The molecule has 2 aromatic carbocycles. The van der Waals surface area contributed by atoms with Gasteiger partial charge in [0.15, 0.2) is 0 Å². The SMILES string of the molecule is COc1cc(-c2ccc([C@@H]3CCc4ccc([C@H](C5CC5)[C@H](C)C(=O)O)cc4O3)cc2CN2CCCC(C)(C)C2)c(F)cn1. The third kappa shape index (κ3) is 6.42. The van der Waals surface area contributed by atoms with Crippen molar-refractivity contribution >= 4 is 5.97 Å². The first-order valence-electron chi connectivity index (χ1n) is 15.7. The zero-order chi connectivity index (χ0) is 30.3. The summed E-state index contributed by atoms with van der Waals surface area (Å²) in [7, 11) is 1.54. The summed E-state index contributed by atoms with van der Waals surface area (Å²) in [4.78, 5) is 18.4. The summed E-state index contributed by atoms with van der Waals surface area (Å²) >= 11 is 0. The van der Waals surface area contributed by atoms with Crippen molar-refractivity contribution in [2.45, 2.75) is 77.9 Å². The number of hydrogen-bond acceptors (Lipinski definition) is 5. The van der Waals surface area contributed by atoms with E-state index in [9.17, 15) is 9.90 Å². The third-order valence-electron chi connectivity index (χ3n) is 9.68. The van der Waals surface area contributed by atoms with Gasteiger partial charge in [-0.1, -0.05) is 51.1 Å². The third-order valence-corrected chi connectivity index (χ3v) is 9.68. The number of carboxylic acids is 1. The molecule has 1 N–H and O–H groups in total. The van der Waals surface area contributed by atoms with Crippen LogP contribution in [-0.4, -0.2) is 41.2 Å². The van der Waals surface area contributed by atoms with Crippen LogP contribution in [0.4, 0.5) is 4.39 Å². The van der Waals surface area contributed by atoms with Gasteiger partial charge in [0.1, 0.15) is 17.7 Å². The highest BCUT2D eigenvalue weighted by Gasteiger charge is 2.39. The van der Waals surface area contributed by atoms with Crippen molar-refractivity contribution in [3.63, 3.8) is 0 Å². The summed E-state index contributed by atoms with van der Waals surface area (Å²) in [5, 5.41) is 9.77. The van der Waals surface area contributed by atoms with Gasteiger partial charge in [0.2, 0.25) is 5.88 Å². The van der Waals surface area contributed by atoms with Crippen LogP contribution in [0.2, 0.25) is 0 Å². The Hall–Kier alpha value is -3.45. The van der Waals surface area contributed by atoms with Gasteiger partial charge in [-0.2, -0.15) is 0 Å². The fourth-order valence-corrected chi connectivity index (χ4v) is 7.27. The van der Waals surface area contributed by atoms with Crippen molar-refractivity contribution in [3.05, 3.63) is 76.7 Å². The fraction of sp³-hybridized carbons (Fsp3) is 0.500. The highest BCUT2D eigenvalue weighted by molar-refractivity contribution is 5.71. The number of aryl methyl sites for hydroxylation is 1. The number of aromatic nitrogens is 1. The molecule has 228 valence electrons. The van der Waals surface area contributed by atoms with Crippen LogP contribution >= 0.6 is 0 Å². The first-order chi connectivity index (χ1) is 20.6. The number of carboxylic acid groups (broad SMARTS) is 1. The van der Waals surface area contributed by atoms with Gasteiger partial charge < -0.3 is 14.6 Å². The second-order valence-corrected chi connectivity index (χ2v) is 13.6. The van der Waals surface area contributed by atoms with E-state index in [0.29, 0.717) is 17.4 Å². The number of likely N-dealkylation sites (tertiary alicyclic amines) is 1. The smallest absolute Gasteiger partial charge is 0.306 e. The molecule has 0 radical (unpaired) electrons. The van der Waals surface area contributed by atoms with Gasteiger partial charge in [-0.05, 0) is 96.2 Å². The van der Waals surface area contributed by atoms with Crippen LogP contribution in [0.25, 0.3) is 11.1 Å². The number of ether oxygens (including phenoxy) is 2. The number of rotatable bonds is 9. The molecule has 3 aliphatic rings. The Morgan fingerprint density at radius 3 is 2.70 bits per heavy atom. The number of nitrogens with zero attached hydrogens (tertiary/aromatic N) is 2. The lowest BCUT2D eigenvalue weighted by molar-refractivity contribution is -0.142. The van der Waals surface area contributed by atoms with Crippen LogP contribution in [0.5, 0.6) is 11.6 Å². The molecule has 2 aliphatic heterocycles. The summed E-state index contributed by atoms with van der Waals surface area (Å²) in [5.41, 5.74) is 5.94. The number of hydrogen-bond donors (Lipinski definition) is 1. The number of carbonyl (C=O) groups is 1. The number of piperidine rings is 1. The normalized spacial score (nSPS) is 21.4. The van der Waals surface area contributed by atoms with Crippen molar-refractivity contribution in [2.24, 2.45) is 17.3 Å². The Morgan fingerprint density at radius 2 is 1.98 bits per heavy atom. The van der Waals surface area contributed by atoms with E-state index in [0.717, 1.165) is 85.3 Å². The van der Waals surface area contributed by atoms with E-state index in [4.69, 9.17) is 9.47 Å². The molecule has 0 spiro atoms. The van der Waals surface area contributed by atoms with Gasteiger partial charge in [0.25, 0.3) is 0 Å². The first-order valence-corrected chi connectivity index (χ1v) is 15.7. The molecule has 0 amide bonds. The highest BCUT2D eigenvalue weighted by atomic mass is 19.1. The van der Waals surface area contributed by atoms with Gasteiger partial charge in [-0.25, -0.2) is 9.37 Å². The van der Waals surface area contributed by atoms with Gasteiger partial charge >= 0.3 is 5.97 Å². The largest absolute Gasteiger partial charge is 0.485 e. The summed E-state index contributed by atoms with van der Waals surface area (Å²) in [6.07, 6.45) is 7.33. The van der Waals surface area contributed by atoms with Crippen molar-refractivity contribution in [1.29, 1.82) is 0 Å². The molecule has 2 fully saturated rings. The molecule has 6 nitrogen and oxygen atoms in total. The Labute approximate surface area is 254 Å². The topological polar surface area (TPSA) is 71.9 Å². The van der Waals surface area contributed by atoms with Crippen LogP contribution in [0.3, 0.4) is 0 Å². The monoisotopic (exact) mass is 586 g/mol. The second kappa shape index (κ2) is 11.9. The van der Waals surface area contributed by atoms with E-state index >= 15 is 4.39 Å². The molecule has 1 aliphatic carbocycles. The second-order valence-electron chi connectivity index (χ2n) is 13.6. The average molecular weight is 587 g/mol. The summed E-state index contributed by atoms with van der Waals surface area (Å²) in [6, 6.07) is 14.3. The van der Waals surface area contributed by atoms with E-state index in [2.05, 4.69) is 54.1 Å². The maximum atomic E-state index is 15.2. The minimum Gasteiger partial charge on any atom is -0.485 e. The maximum absolute atomic E-state index is 15.2. The maximum Gasteiger partial charge on any atom is 0.306 e. The zero-order valence-corrected chi connectivity index (χ0v) is 25.7. The number of pyridine rings is 1. The van der Waals surface area contributed by atoms with E-state index in [1.165, 1.54) is 12.6 Å². The predicted molar refractivity (Wildman–Crippen MR) is 165 cm³/mol. The van der Waals surface area contributed by atoms with Crippen LogP contribution in [-0.2, 0) is 17.8 Å². The molecule has 1 saturated carbocycles. The van der Waals surface area contributed by atoms with Gasteiger partial charge in [0.05, 0.1) is 19.2 Å². The lowest BCUT2D eigenvalue weighted by atomic mass is 9.82. The molecular formula is C36H43FN2O4. The molecule has 6 rings (SSSR count). The standard InChI is InChI=1S/C36H43FN2O4/c1-22(35(40)41)34(24-7-8-24)26-9-6-23-11-13-31(43-32(23)17-26)25-10-12-28(29-18-33(42-4)38-19-30(29)37)27(16-25)20-39-15-5-14-36(2,3)21-39/h6,9-10,12,16-19,22,24,31,34H,5,7-8,11,13-15,20-21H2,1-4H3,(H,40,41)/t22-,31-,34-/m0/s1. The van der Waals surface area contributed by atoms with Crippen LogP contribution in [0.1, 0.15) is 87.2 Å². The van der Waals surface area contributed by atoms with Crippen molar-refractivity contribution in [2.75, 3.05) is 20.2 Å². The Kier molecular flexibility index (Phi) is 8.20. The predicted octanol–water partition coefficient (Wildman–Crippen LogP) is 7.80. The van der Waals surface area contributed by atoms with Crippen LogP contribution in [0.15, 0.2) is 48.7 Å². The van der Waals surface area contributed by atoms with E-state index in [-0.39, 0.29) is 23.3 Å². The van der Waals surface area contributed by atoms with Crippen molar-refractivity contribution < 1.29 is 23.8 Å². The molecule has 0 unspecified atom stereocenters. The van der Waals surface area contributed by atoms with E-state index < -0.39 is 11.9 Å². The molecule has 1 saturated heterocycles. The average Bonchev–Trinajstić information content (AvgIpc) is 3.82. The molecule has 3 atom stereocenters. The lowest BCUT2D eigenvalue weighted by Gasteiger charge is -2.38. The number of aliphatic carboxylic acids is 1. The van der Waals surface area contributed by atoms with Crippen molar-refractivity contribution in [3.8, 4) is 22.8 Å². The minimum absolute atomic E-state index is 0.00120. The fourth-order valence-electron chi connectivity index (χ4n) is 7.27. The number of benzene rings is 2. The molecule has 43 heavy (non-hydrogen) atoms. The van der Waals surface area contributed by atoms with Crippen LogP contribution < -0.4 is 9.47 Å². The zero-order valence-electron chi connectivity index (χ0n) is 25.7. The Morgan fingerprint density at radius 1 is 1.16 bits per heavy atom. The molecule has 0 bridgehead atoms. The number of fused-ring (bicyclic) bond motifs is 1. The van der Waals surface area contributed by atoms with E-state index in [1.54, 1.807) is 13.2 Å². The summed E-state index contributed by atoms with van der Waals surface area (Å²) < 4.78 is 27.2. The van der Waals surface area contributed by atoms with E-state index in [1.807, 2.05) is 13.0 Å². The highest BCUT2D eigenvalue weighted by Crippen LogP contribution is 2.48. The van der Waals surface area contributed by atoms with Crippen LogP contribution in [0, 0.1) is 23.1 Å². The minimum atomic E-state index is -0.749. The number of methoxy groups -OCH3 is 1. The quantitative estimate of drug-likeness (QED) is 0.276. The molecule has 1 aromatic heterocycles. The molecule has 3 aromatic rings. The molecular weight excluding hydrogens is 543 g/mol. The van der Waals surface area contributed by atoms with Gasteiger partial charge in [-0.3, -0.25) is 9.69 Å². The Balaban J connectivity index is 1.32. The Bertz CT molecular complexity index is 1500. The molecule has 3 heterocycles. The first kappa shape index (κ1) is 29.6. The lowest BCUT2D eigenvalue weighted by Crippen LogP contribution is -2.39. The number of halogens is 1. The summed E-state index contributed by atoms with van der Waals surface area (Å²) in [5.74, 6) is 0.100. The van der Waals surface area contributed by atoms with Crippen molar-refractivity contribution in [1.82, 2.24) is 9.88 Å². The summed E-state index contributed by atoms with van der Waals surface area (Å²) in [6.45, 7) is 9.18.